The van der Waals surface area contributed by atoms with Crippen molar-refractivity contribution in [2.75, 3.05) is 31.9 Å². The van der Waals surface area contributed by atoms with Gasteiger partial charge in [0, 0.05) is 58.7 Å². The number of carboxylic acid groups (broad SMARTS) is 4. The number of benzene rings is 4. The Morgan fingerprint density at radius 2 is 0.700 bits per heavy atom. The number of nitrogens with zero attached hydrogens (tertiary/aromatic N) is 6. The third kappa shape index (κ3) is 23.3. The summed E-state index contributed by atoms with van der Waals surface area (Å²) < 4.78 is 75.8. The summed E-state index contributed by atoms with van der Waals surface area (Å²) in [6.07, 6.45) is -0.164. The zero-order valence-electron chi connectivity index (χ0n) is 43.8. The Labute approximate surface area is 588 Å². The van der Waals surface area contributed by atoms with Gasteiger partial charge in [0.05, 0.1) is 33.8 Å². The number of carbonyl (C=O) groups excluding carboxylic acids is 6. The molecule has 0 aliphatic carbocycles. The molecule has 4 aromatic carbocycles. The maximum atomic E-state index is 12.6. The average molecular weight is 1190 g/mol. The van der Waals surface area contributed by atoms with Gasteiger partial charge in [-0.05, 0) is 97.8 Å². The molecule has 384 valence electrons. The molecule has 6 rings (SSSR count). The van der Waals surface area contributed by atoms with Gasteiger partial charge in [-0.2, -0.15) is 29.9 Å². The van der Waals surface area contributed by atoms with Gasteiger partial charge in [0.25, 0.3) is 0 Å². The molecule has 0 aliphatic rings. The number of ketones is 2. The predicted octanol–water partition coefficient (Wildman–Crippen LogP) is -19.2. The van der Waals surface area contributed by atoms with E-state index < -0.39 is 103 Å². The van der Waals surface area contributed by atoms with Gasteiger partial charge in [-0.25, -0.2) is 16.8 Å². The molecule has 0 fully saturated rings. The van der Waals surface area contributed by atoms with Crippen LogP contribution in [0.25, 0.3) is 12.2 Å². The number of carbonyl (C=O) groups is 6. The topological polar surface area (TPSA) is 459 Å². The van der Waals surface area contributed by atoms with Gasteiger partial charge >= 0.3 is 177 Å². The number of hydrogen-bond donors (Lipinski definition) is 6. The number of carboxylic acids is 4. The minimum Gasteiger partial charge on any atom is -0.744 e. The van der Waals surface area contributed by atoms with Gasteiger partial charge in [0.1, 0.15) is 20.2 Å². The minimum atomic E-state index is -5.37. The molecule has 6 N–H and O–H groups in total. The van der Waals surface area contributed by atoms with Crippen molar-refractivity contribution in [1.82, 2.24) is 29.9 Å². The molecule has 2 heterocycles. The van der Waals surface area contributed by atoms with E-state index in [0.717, 1.165) is 36.4 Å². The number of aliphatic carboxylic acids is 4. The number of hydrogen-bond acceptors (Lipinski definition) is 28. The van der Waals surface area contributed by atoms with E-state index >= 15 is 0 Å². The Bertz CT molecular complexity index is 3260. The molecule has 0 saturated heterocycles. The summed E-state index contributed by atoms with van der Waals surface area (Å²) in [4.78, 5) is 92.0. The van der Waals surface area contributed by atoms with E-state index in [2.05, 4.69) is 61.8 Å². The van der Waals surface area contributed by atoms with Crippen molar-refractivity contribution in [2.24, 2.45) is 0 Å². The standard InChI is InChI=1S/C44H40N12O16S2.6Na/c1-21(57)23-5-11-27(12-6-23)45-39-51-41(55-43(53-39)49-31(37(63)64)19-35(59)60)47-29-15-9-25(33(17-29)73(67,68)69)3-4-26-10-16-30(18-34(26)74(70,71)72)48-42-52-40(46-28-13-7-24(8-14-28)22(2)58)54-44(56-42)50-32(38(65)66)20-36(61)62;;;;;;/h3-18,31-32H,19-20H2,1-2H3,(H,59,60)(H,61,62)(H,63,64)(H,65,66)(H,67,68,69)(H,70,71,72)(H3,45,47,49,51,53,55)(H3,46,48,50,52,54,56);;;;;;/q;6*+1/p-6/b4-3+;;;;;;/t31-,32-;;;;;;/m0....../s1. The van der Waals surface area contributed by atoms with Crippen molar-refractivity contribution in [3.8, 4) is 0 Å². The minimum absolute atomic E-state index is 0. The Morgan fingerprint density at radius 3 is 0.950 bits per heavy atom. The van der Waals surface area contributed by atoms with Crippen LogP contribution in [0.2, 0.25) is 0 Å². The van der Waals surface area contributed by atoms with Crippen molar-refractivity contribution in [3.05, 3.63) is 107 Å². The fourth-order valence-electron chi connectivity index (χ4n) is 6.34. The molecule has 2 atom stereocenters. The molecule has 0 unspecified atom stereocenters. The summed E-state index contributed by atoms with van der Waals surface area (Å²) in [7, 11) is -10.7. The molecule has 0 radical (unpaired) electrons. The predicted molar refractivity (Wildman–Crippen MR) is 247 cm³/mol. The van der Waals surface area contributed by atoms with E-state index in [4.69, 9.17) is 0 Å². The quantitative estimate of drug-likeness (QED) is 0.0142. The molecule has 0 amide bonds. The van der Waals surface area contributed by atoms with E-state index in [1.165, 1.54) is 74.5 Å². The van der Waals surface area contributed by atoms with Gasteiger partial charge < -0.3 is 80.6 Å². The summed E-state index contributed by atoms with van der Waals surface area (Å²) in [5.74, 6) is -10.3. The van der Waals surface area contributed by atoms with Crippen LogP contribution in [0, 0.1) is 0 Å². The first kappa shape index (κ1) is 76.5. The second-order valence-corrected chi connectivity index (χ2v) is 18.0. The molecule has 28 nitrogen and oxygen atoms in total. The molecule has 36 heteroatoms. The smallest absolute Gasteiger partial charge is 0.744 e. The third-order valence-corrected chi connectivity index (χ3v) is 11.6. The van der Waals surface area contributed by atoms with Gasteiger partial charge in [-0.15, -0.1) is 0 Å². The molecular weight excluding hydrogens is 1150 g/mol. The van der Waals surface area contributed by atoms with Gasteiger partial charge in [-0.3, -0.25) is 9.59 Å². The third-order valence-electron chi connectivity index (χ3n) is 9.80. The first-order valence-electron chi connectivity index (χ1n) is 20.8. The van der Waals surface area contributed by atoms with Crippen LogP contribution in [0.4, 0.5) is 58.4 Å². The number of aromatic nitrogens is 6. The van der Waals surface area contributed by atoms with E-state index in [1.807, 2.05) is 0 Å². The summed E-state index contributed by atoms with van der Waals surface area (Å²) in [5.41, 5.74) is 0.328. The van der Waals surface area contributed by atoms with Crippen LogP contribution in [-0.2, 0) is 39.4 Å². The van der Waals surface area contributed by atoms with Crippen molar-refractivity contribution < 1.29 is 252 Å². The monoisotopic (exact) mass is 1190 g/mol. The number of nitrogens with one attached hydrogen (secondary N) is 6. The van der Waals surface area contributed by atoms with E-state index in [1.54, 1.807) is 0 Å². The summed E-state index contributed by atoms with van der Waals surface area (Å²) >= 11 is 0. The fraction of sp³-hybridized carbons (Fsp3) is 0.136. The second-order valence-electron chi connectivity index (χ2n) is 15.3. The van der Waals surface area contributed by atoms with Crippen LogP contribution in [-0.4, -0.2) is 103 Å². The molecule has 80 heavy (non-hydrogen) atoms. The summed E-state index contributed by atoms with van der Waals surface area (Å²) in [6.45, 7) is 2.69. The Hall–Kier alpha value is -3.52. The molecule has 0 aliphatic heterocycles. The van der Waals surface area contributed by atoms with Crippen LogP contribution in [0.3, 0.4) is 0 Å². The number of rotatable bonds is 24. The number of anilines is 10. The fourth-order valence-corrected chi connectivity index (χ4v) is 7.73. The zero-order chi connectivity index (χ0) is 54.1. The van der Waals surface area contributed by atoms with E-state index in [-0.39, 0.29) is 223 Å². The first-order chi connectivity index (χ1) is 34.8. The van der Waals surface area contributed by atoms with Crippen molar-refractivity contribution in [1.29, 1.82) is 0 Å². The Kier molecular flexibility index (Phi) is 32.8. The molecule has 0 spiro atoms. The van der Waals surface area contributed by atoms with Crippen LogP contribution >= 0.6 is 0 Å². The zero-order valence-corrected chi connectivity index (χ0v) is 57.5. The Morgan fingerprint density at radius 1 is 0.438 bits per heavy atom. The van der Waals surface area contributed by atoms with E-state index in [9.17, 15) is 75.1 Å². The normalized spacial score (nSPS) is 11.3. The molecule has 2 aromatic heterocycles. The first-order valence-corrected chi connectivity index (χ1v) is 23.7. The van der Waals surface area contributed by atoms with Crippen molar-refractivity contribution in [2.45, 2.75) is 48.6 Å². The second kappa shape index (κ2) is 34.3. The van der Waals surface area contributed by atoms with Crippen LogP contribution in [0.5, 0.6) is 0 Å². The van der Waals surface area contributed by atoms with Crippen LogP contribution in [0.15, 0.2) is 94.7 Å². The SMILES string of the molecule is CC(=O)c1ccc(Nc2nc(Nc3ccc(/C=C/c4ccc(Nc5nc(Nc6ccc(C(C)=O)cc6)nc(N[C@@H](CC(=O)[O-])C(=O)[O-])n5)cc4S(=O)(=O)[O-])c(S(=O)(=O)[O-])c3)nc(N[C@@H](CC(=O)[O-])C(=O)[O-])n2)cc1.[Na+].[Na+].[Na+].[Na+].[Na+].[Na+]. The number of Topliss-reactive ketones (excluding diaryl/α,β-unsaturated/α-hetero) is 2. The maximum Gasteiger partial charge on any atom is 1.00 e. The van der Waals surface area contributed by atoms with Gasteiger partial charge in [-0.1, -0.05) is 24.3 Å². The van der Waals surface area contributed by atoms with Gasteiger partial charge in [0.2, 0.25) is 35.7 Å². The summed E-state index contributed by atoms with van der Waals surface area (Å²) in [5, 5.41) is 61.3. The van der Waals surface area contributed by atoms with Gasteiger partial charge in [0.15, 0.2) is 11.6 Å². The van der Waals surface area contributed by atoms with E-state index in [0.29, 0.717) is 22.5 Å². The molecule has 0 saturated carbocycles. The maximum absolute atomic E-state index is 12.6. The Balaban J connectivity index is 0.0000104. The average Bonchev–Trinajstić information content (AvgIpc) is 3.30. The molecular formula is C44H34N12Na6O16S2. The van der Waals surface area contributed by atoms with Crippen molar-refractivity contribution >= 4 is 126 Å². The molecule has 6 aromatic rings. The van der Waals surface area contributed by atoms with Crippen molar-refractivity contribution in [3.63, 3.8) is 0 Å². The van der Waals surface area contributed by atoms with Crippen LogP contribution < -0.4 is 230 Å². The summed E-state index contributed by atoms with van der Waals surface area (Å²) in [6, 6.07) is 14.3. The molecule has 0 bridgehead atoms. The van der Waals surface area contributed by atoms with Crippen LogP contribution in [0.1, 0.15) is 58.5 Å². The largest absolute Gasteiger partial charge is 1.00 e.